The molecule has 0 amide bonds. The number of ether oxygens (including phenoxy) is 1. The van der Waals surface area contributed by atoms with Gasteiger partial charge in [-0.05, 0) is 106 Å². The van der Waals surface area contributed by atoms with E-state index < -0.39 is 11.6 Å². The van der Waals surface area contributed by atoms with E-state index >= 15 is 8.78 Å². The predicted octanol–water partition coefficient (Wildman–Crippen LogP) is 6.20. The summed E-state index contributed by atoms with van der Waals surface area (Å²) >= 11 is 6.62. The summed E-state index contributed by atoms with van der Waals surface area (Å²) < 4.78 is 38.7. The third kappa shape index (κ3) is 4.90. The lowest BCUT2D eigenvalue weighted by Gasteiger charge is -2.49. The average molecular weight is 582 g/mol. The van der Waals surface area contributed by atoms with Crippen molar-refractivity contribution < 1.29 is 13.5 Å². The summed E-state index contributed by atoms with van der Waals surface area (Å²) in [7, 11) is 0. The minimum absolute atomic E-state index is 0.0167. The normalized spacial score (nSPS) is 25.4. The highest BCUT2D eigenvalue weighted by atomic mass is 35.5. The maximum Gasteiger partial charge on any atom is 0.160 e. The number of piperazine rings is 1. The van der Waals surface area contributed by atoms with E-state index in [-0.39, 0.29) is 29.4 Å². The van der Waals surface area contributed by atoms with Gasteiger partial charge >= 0.3 is 0 Å². The lowest BCUT2D eigenvalue weighted by atomic mass is 9.90. The third-order valence-electron chi connectivity index (χ3n) is 9.83. The quantitative estimate of drug-likeness (QED) is 0.229. The molecule has 2 atom stereocenters. The average Bonchev–Trinajstić information content (AvgIpc) is 3.55. The Kier molecular flexibility index (Phi) is 7.17. The third-order valence-corrected chi connectivity index (χ3v) is 10.1. The smallest absolute Gasteiger partial charge is 0.160 e. The molecule has 2 unspecified atom stereocenters. The number of fused-ring (bicyclic) bond motifs is 3. The molecule has 8 rings (SSSR count). The number of hydrogen-bond donors (Lipinski definition) is 1. The van der Waals surface area contributed by atoms with E-state index in [2.05, 4.69) is 26.8 Å². The number of nitrogens with zero attached hydrogens (tertiary/aromatic N) is 4. The van der Waals surface area contributed by atoms with Crippen LogP contribution in [-0.2, 0) is 4.74 Å². The molecule has 5 saturated heterocycles. The Morgan fingerprint density at radius 3 is 2.51 bits per heavy atom. The summed E-state index contributed by atoms with van der Waals surface area (Å²) in [6, 6.07) is 5.76. The predicted molar refractivity (Wildman–Crippen MR) is 160 cm³/mol. The number of aryl methyl sites for hydroxylation is 1. The fourth-order valence-electron chi connectivity index (χ4n) is 7.77. The first-order valence-electron chi connectivity index (χ1n) is 15.0. The number of halogens is 3. The number of nitrogens with one attached hydrogen (secondary N) is 1. The molecule has 1 aliphatic carbocycles. The van der Waals surface area contributed by atoms with Crippen LogP contribution in [0.25, 0.3) is 11.1 Å². The lowest BCUT2D eigenvalue weighted by Crippen LogP contribution is -2.67. The van der Waals surface area contributed by atoms with Gasteiger partial charge in [0.25, 0.3) is 0 Å². The molecular weight excluding hydrogens is 544 g/mol. The zero-order valence-electron chi connectivity index (χ0n) is 23.7. The van der Waals surface area contributed by atoms with Gasteiger partial charge in [-0.25, -0.2) is 13.8 Å². The van der Waals surface area contributed by atoms with Crippen molar-refractivity contribution in [2.45, 2.75) is 75.4 Å². The molecule has 0 spiro atoms. The minimum Gasteiger partial charge on any atom is -0.357 e. The van der Waals surface area contributed by atoms with Crippen molar-refractivity contribution in [3.63, 3.8) is 0 Å². The number of piperidine rings is 1. The zero-order chi connectivity index (χ0) is 28.3. The summed E-state index contributed by atoms with van der Waals surface area (Å²) in [6.07, 6.45) is 7.74. The fourth-order valence-corrected chi connectivity index (χ4v) is 8.20. The number of hydrogen-bond acceptors (Lipinski definition) is 5. The largest absolute Gasteiger partial charge is 0.357 e. The SMILES string of the molecule is C=Nc1c(C(=NCOCC23CCCN2CCC3)N2CC3CC(C2)N3)cc(F)c(-c2cc(C)cc(Cl)c2C2CC2)c1F. The van der Waals surface area contributed by atoms with Gasteiger partial charge in [0.1, 0.15) is 24.1 Å². The summed E-state index contributed by atoms with van der Waals surface area (Å²) in [5.74, 6) is -0.633. The Morgan fingerprint density at radius 2 is 1.85 bits per heavy atom. The molecule has 6 nitrogen and oxygen atoms in total. The minimum atomic E-state index is -0.723. The van der Waals surface area contributed by atoms with Crippen molar-refractivity contribution in [2.24, 2.45) is 9.98 Å². The maximum atomic E-state index is 16.4. The second-order valence-corrected chi connectivity index (χ2v) is 13.1. The van der Waals surface area contributed by atoms with Gasteiger partial charge in [0.05, 0.1) is 12.2 Å². The van der Waals surface area contributed by atoms with E-state index in [4.69, 9.17) is 21.3 Å². The van der Waals surface area contributed by atoms with Crippen LogP contribution in [0.2, 0.25) is 5.02 Å². The van der Waals surface area contributed by atoms with Gasteiger partial charge in [-0.15, -0.1) is 0 Å². The molecule has 2 bridgehead atoms. The van der Waals surface area contributed by atoms with Gasteiger partial charge in [-0.3, -0.25) is 9.89 Å². The van der Waals surface area contributed by atoms with Crippen LogP contribution in [0, 0.1) is 18.6 Å². The highest BCUT2D eigenvalue weighted by Gasteiger charge is 2.44. The topological polar surface area (TPSA) is 52.5 Å². The molecule has 5 heterocycles. The summed E-state index contributed by atoms with van der Waals surface area (Å²) in [6.45, 7) is 10.0. The van der Waals surface area contributed by atoms with Crippen LogP contribution in [0.4, 0.5) is 14.5 Å². The number of aliphatic imine (C=N–C) groups is 2. The van der Waals surface area contributed by atoms with Crippen molar-refractivity contribution in [1.82, 2.24) is 15.1 Å². The fraction of sp³-hybridized carbons (Fsp3) is 0.562. The first-order valence-corrected chi connectivity index (χ1v) is 15.4. The highest BCUT2D eigenvalue weighted by molar-refractivity contribution is 6.32. The van der Waals surface area contributed by atoms with Gasteiger partial charge in [0.15, 0.2) is 5.82 Å². The Morgan fingerprint density at radius 1 is 1.15 bits per heavy atom. The molecule has 1 N–H and O–H groups in total. The van der Waals surface area contributed by atoms with Gasteiger partial charge in [-0.2, -0.15) is 0 Å². The van der Waals surface area contributed by atoms with Crippen LogP contribution in [0.1, 0.15) is 67.6 Å². The molecule has 5 aliphatic heterocycles. The molecule has 6 fully saturated rings. The first-order chi connectivity index (χ1) is 19.9. The molecule has 218 valence electrons. The zero-order valence-corrected chi connectivity index (χ0v) is 24.5. The second-order valence-electron chi connectivity index (χ2n) is 12.7. The highest BCUT2D eigenvalue weighted by Crippen LogP contribution is 2.50. The van der Waals surface area contributed by atoms with Crippen LogP contribution < -0.4 is 5.32 Å². The standard InChI is InChI=1S/C32H38ClF2N5O/c1-19-11-23(27(20-5-6-20)25(33)12-19)28-26(34)14-24(30(36-2)29(28)35)31(39-15-21-13-22(16-39)38-21)37-18-41-17-32-7-3-9-40(32)10-4-8-32/h11-12,14,20-22,38H,2-10,13,15-18H2,1H3. The van der Waals surface area contributed by atoms with E-state index in [1.807, 2.05) is 19.1 Å². The van der Waals surface area contributed by atoms with Crippen LogP contribution in [0.3, 0.4) is 0 Å². The van der Waals surface area contributed by atoms with Gasteiger partial charge in [0.2, 0.25) is 0 Å². The van der Waals surface area contributed by atoms with Crippen molar-refractivity contribution >= 4 is 29.8 Å². The Hall–Kier alpha value is -2.39. The number of benzene rings is 2. The first kappa shape index (κ1) is 27.4. The van der Waals surface area contributed by atoms with E-state index in [1.54, 1.807) is 0 Å². The van der Waals surface area contributed by atoms with Crippen molar-refractivity contribution in [3.8, 4) is 11.1 Å². The van der Waals surface area contributed by atoms with E-state index in [1.165, 1.54) is 18.9 Å². The second kappa shape index (κ2) is 10.7. The summed E-state index contributed by atoms with van der Waals surface area (Å²) in [4.78, 5) is 13.6. The van der Waals surface area contributed by atoms with Crippen molar-refractivity contribution in [3.05, 3.63) is 51.5 Å². The van der Waals surface area contributed by atoms with Crippen molar-refractivity contribution in [2.75, 3.05) is 39.5 Å². The number of amidine groups is 1. The van der Waals surface area contributed by atoms with E-state index in [9.17, 15) is 0 Å². The molecule has 2 aromatic carbocycles. The van der Waals surface area contributed by atoms with E-state index in [0.717, 1.165) is 56.3 Å². The Balaban J connectivity index is 1.25. The van der Waals surface area contributed by atoms with E-state index in [0.29, 0.717) is 53.8 Å². The van der Waals surface area contributed by atoms with Crippen LogP contribution in [-0.4, -0.2) is 79.5 Å². The Bertz CT molecular complexity index is 1380. The van der Waals surface area contributed by atoms with Gasteiger partial charge < -0.3 is 15.0 Å². The van der Waals surface area contributed by atoms with Crippen molar-refractivity contribution in [1.29, 1.82) is 0 Å². The summed E-state index contributed by atoms with van der Waals surface area (Å²) in [5.41, 5.74) is 2.53. The maximum absolute atomic E-state index is 16.4. The molecule has 2 aromatic rings. The molecule has 6 aliphatic rings. The van der Waals surface area contributed by atoms with Crippen LogP contribution in [0.15, 0.2) is 28.2 Å². The van der Waals surface area contributed by atoms with Gasteiger partial charge in [-0.1, -0.05) is 17.7 Å². The van der Waals surface area contributed by atoms with Gasteiger partial charge in [0, 0.05) is 41.3 Å². The monoisotopic (exact) mass is 581 g/mol. The Labute approximate surface area is 245 Å². The molecular formula is C32H38ClF2N5O. The van der Waals surface area contributed by atoms with Crippen LogP contribution in [0.5, 0.6) is 0 Å². The molecule has 9 heteroatoms. The van der Waals surface area contributed by atoms with Crippen LogP contribution >= 0.6 is 11.6 Å². The molecule has 0 aromatic heterocycles. The number of rotatable bonds is 8. The molecule has 41 heavy (non-hydrogen) atoms. The molecule has 0 radical (unpaired) electrons. The molecule has 1 saturated carbocycles. The lowest BCUT2D eigenvalue weighted by molar-refractivity contribution is 0.0384. The summed E-state index contributed by atoms with van der Waals surface area (Å²) in [5, 5.41) is 4.09.